The molecule has 0 fully saturated rings. The molecule has 0 saturated carbocycles. The van der Waals surface area contributed by atoms with E-state index in [2.05, 4.69) is 44.7 Å². The second-order valence-electron chi connectivity index (χ2n) is 7.79. The summed E-state index contributed by atoms with van der Waals surface area (Å²) in [6.45, 7) is 8.21. The molecule has 2 aromatic rings. The first kappa shape index (κ1) is 20.6. The van der Waals surface area contributed by atoms with Crippen LogP contribution >= 0.6 is 11.3 Å². The van der Waals surface area contributed by atoms with Gasteiger partial charge in [0.05, 0.1) is 16.3 Å². The Balaban J connectivity index is 1.84. The minimum Gasteiger partial charge on any atom is -0.480 e. The van der Waals surface area contributed by atoms with E-state index >= 15 is 0 Å². The third-order valence-electron chi connectivity index (χ3n) is 4.76. The van der Waals surface area contributed by atoms with Crippen molar-refractivity contribution in [2.75, 3.05) is 0 Å². The Morgan fingerprint density at radius 2 is 1.89 bits per heavy atom. The van der Waals surface area contributed by atoms with Gasteiger partial charge in [0, 0.05) is 10.4 Å². The van der Waals surface area contributed by atoms with E-state index < -0.39 is 22.0 Å². The summed E-state index contributed by atoms with van der Waals surface area (Å²) in [5.41, 5.74) is 2.17. The van der Waals surface area contributed by atoms with Crippen LogP contribution in [0.25, 0.3) is 0 Å². The van der Waals surface area contributed by atoms with Gasteiger partial charge in [-0.05, 0) is 35.6 Å². The highest BCUT2D eigenvalue weighted by molar-refractivity contribution is 7.89. The first-order valence-electron chi connectivity index (χ1n) is 9.04. The molecule has 2 heterocycles. The number of carboxylic acids is 1. The number of nitrogens with zero attached hydrogens (tertiary/aromatic N) is 1. The molecule has 1 atom stereocenters. The molecule has 1 aliphatic heterocycles. The van der Waals surface area contributed by atoms with Crippen LogP contribution in [0.3, 0.4) is 0 Å². The third-order valence-corrected chi connectivity index (χ3v) is 7.84. The Labute approximate surface area is 170 Å². The largest absolute Gasteiger partial charge is 0.480 e. The zero-order valence-corrected chi connectivity index (χ0v) is 17.9. The highest BCUT2D eigenvalue weighted by Gasteiger charge is 2.42. The molecule has 0 radical (unpaired) electrons. The van der Waals surface area contributed by atoms with Crippen molar-refractivity contribution in [3.05, 3.63) is 51.2 Å². The van der Waals surface area contributed by atoms with Gasteiger partial charge in [0.2, 0.25) is 10.0 Å². The Hall–Kier alpha value is -2.14. The molecular formula is C21H23NO4S2. The number of sulfonamides is 1. The lowest BCUT2D eigenvalue weighted by molar-refractivity contribution is -0.141. The molecular weight excluding hydrogens is 394 g/mol. The summed E-state index contributed by atoms with van der Waals surface area (Å²) in [6, 6.07) is 8.55. The summed E-state index contributed by atoms with van der Waals surface area (Å²) in [5.74, 6) is 4.99. The maximum Gasteiger partial charge on any atom is 0.322 e. The van der Waals surface area contributed by atoms with Crippen molar-refractivity contribution >= 4 is 27.3 Å². The van der Waals surface area contributed by atoms with Crippen LogP contribution in [0, 0.1) is 11.8 Å². The van der Waals surface area contributed by atoms with Crippen molar-refractivity contribution in [2.24, 2.45) is 0 Å². The smallest absolute Gasteiger partial charge is 0.322 e. The molecule has 148 valence electrons. The summed E-state index contributed by atoms with van der Waals surface area (Å²) in [4.78, 5) is 12.9. The molecule has 1 aromatic heterocycles. The van der Waals surface area contributed by atoms with Crippen LogP contribution in [0.5, 0.6) is 0 Å². The molecule has 0 bridgehead atoms. The molecule has 0 saturated heterocycles. The average Bonchev–Trinajstić information content (AvgIpc) is 3.12. The second-order valence-corrected chi connectivity index (χ2v) is 10.8. The van der Waals surface area contributed by atoms with Gasteiger partial charge in [-0.25, -0.2) is 8.42 Å². The van der Waals surface area contributed by atoms with E-state index in [1.807, 2.05) is 12.1 Å². The fraction of sp³-hybridized carbons (Fsp3) is 0.381. The van der Waals surface area contributed by atoms with Crippen LogP contribution in [0.2, 0.25) is 0 Å². The Morgan fingerprint density at radius 1 is 1.25 bits per heavy atom. The molecule has 1 unspecified atom stereocenters. The van der Waals surface area contributed by atoms with E-state index in [1.165, 1.54) is 16.9 Å². The summed E-state index contributed by atoms with van der Waals surface area (Å²) >= 11 is 1.31. The van der Waals surface area contributed by atoms with Crippen molar-refractivity contribution in [1.29, 1.82) is 0 Å². The van der Waals surface area contributed by atoms with Crippen molar-refractivity contribution in [1.82, 2.24) is 4.31 Å². The lowest BCUT2D eigenvalue weighted by atomic mass is 9.87. The maximum absolute atomic E-state index is 12.7. The number of carboxylic acid groups (broad SMARTS) is 1. The summed E-state index contributed by atoms with van der Waals surface area (Å²) in [6.07, 6.45) is 0.223. The van der Waals surface area contributed by atoms with Crippen molar-refractivity contribution < 1.29 is 18.3 Å². The summed E-state index contributed by atoms with van der Waals surface area (Å²) < 4.78 is 26.5. The summed E-state index contributed by atoms with van der Waals surface area (Å²) in [5, 5.41) is 9.29. The molecule has 3 rings (SSSR count). The molecule has 7 heteroatoms. The quantitative estimate of drug-likeness (QED) is 0.771. The standard InChI is InChI=1S/C21H23NO4S2/c1-5-17(20(23)24)22-13-18-19(28(22,25)26)12-16(27-18)11-8-14-6-9-15(10-7-14)21(2,3)4/h6-7,9-10,12,17H,5,13H2,1-4H3,(H,23,24). The maximum atomic E-state index is 12.7. The lowest BCUT2D eigenvalue weighted by Gasteiger charge is -2.21. The van der Waals surface area contributed by atoms with Gasteiger partial charge in [-0.3, -0.25) is 4.79 Å². The Kier molecular flexibility index (Phi) is 5.41. The highest BCUT2D eigenvalue weighted by Crippen LogP contribution is 2.38. The molecule has 0 spiro atoms. The van der Waals surface area contributed by atoms with Crippen LogP contribution in [-0.4, -0.2) is 29.8 Å². The van der Waals surface area contributed by atoms with Crippen LogP contribution in [0.4, 0.5) is 0 Å². The van der Waals surface area contributed by atoms with Gasteiger partial charge in [0.1, 0.15) is 6.04 Å². The van der Waals surface area contributed by atoms with Gasteiger partial charge in [0.15, 0.2) is 0 Å². The number of aliphatic carboxylic acids is 1. The first-order valence-corrected chi connectivity index (χ1v) is 11.3. The number of fused-ring (bicyclic) bond motifs is 1. The number of benzene rings is 1. The van der Waals surface area contributed by atoms with Crippen molar-refractivity contribution in [2.45, 2.75) is 57.0 Å². The zero-order valence-electron chi connectivity index (χ0n) is 16.3. The van der Waals surface area contributed by atoms with Crippen LogP contribution in [0.15, 0.2) is 35.2 Å². The van der Waals surface area contributed by atoms with Gasteiger partial charge in [-0.15, -0.1) is 11.3 Å². The first-order chi connectivity index (χ1) is 13.0. The predicted molar refractivity (Wildman–Crippen MR) is 110 cm³/mol. The second kappa shape index (κ2) is 7.36. The van der Waals surface area contributed by atoms with Gasteiger partial charge >= 0.3 is 5.97 Å². The molecule has 5 nitrogen and oxygen atoms in total. The Bertz CT molecular complexity index is 1060. The molecule has 28 heavy (non-hydrogen) atoms. The normalized spacial score (nSPS) is 16.9. The number of hydrogen-bond donors (Lipinski definition) is 1. The number of hydrogen-bond acceptors (Lipinski definition) is 4. The van der Waals surface area contributed by atoms with Crippen LogP contribution < -0.4 is 0 Å². The number of carbonyl (C=O) groups is 1. The minimum atomic E-state index is -3.79. The number of thiophene rings is 1. The van der Waals surface area contributed by atoms with E-state index in [-0.39, 0.29) is 23.3 Å². The fourth-order valence-electron chi connectivity index (χ4n) is 3.12. The van der Waals surface area contributed by atoms with Crippen molar-refractivity contribution in [3.63, 3.8) is 0 Å². The SMILES string of the molecule is CCC(C(=O)O)N1Cc2sc(C#Cc3ccc(C(C)(C)C)cc3)cc2S1(=O)=O. The molecule has 1 N–H and O–H groups in total. The minimum absolute atomic E-state index is 0.0764. The highest BCUT2D eigenvalue weighted by atomic mass is 32.2. The van der Waals surface area contributed by atoms with Crippen LogP contribution in [0.1, 0.15) is 55.0 Å². The lowest BCUT2D eigenvalue weighted by Crippen LogP contribution is -2.40. The van der Waals surface area contributed by atoms with E-state index in [1.54, 1.807) is 13.0 Å². The average molecular weight is 418 g/mol. The fourth-order valence-corrected chi connectivity index (χ4v) is 6.37. The van der Waals surface area contributed by atoms with E-state index in [0.717, 1.165) is 9.87 Å². The predicted octanol–water partition coefficient (Wildman–Crippen LogP) is 3.81. The van der Waals surface area contributed by atoms with E-state index in [9.17, 15) is 18.3 Å². The number of rotatable bonds is 3. The topological polar surface area (TPSA) is 74.7 Å². The molecule has 1 aromatic carbocycles. The monoisotopic (exact) mass is 417 g/mol. The van der Waals surface area contributed by atoms with Gasteiger partial charge in [0.25, 0.3) is 0 Å². The van der Waals surface area contributed by atoms with Gasteiger partial charge < -0.3 is 5.11 Å². The van der Waals surface area contributed by atoms with E-state index in [4.69, 9.17) is 0 Å². The zero-order chi connectivity index (χ0) is 20.7. The molecule has 0 aliphatic carbocycles. The van der Waals surface area contributed by atoms with Gasteiger partial charge in [-0.1, -0.05) is 51.7 Å². The van der Waals surface area contributed by atoms with Crippen molar-refractivity contribution in [3.8, 4) is 11.8 Å². The molecule has 1 aliphatic rings. The van der Waals surface area contributed by atoms with Gasteiger partial charge in [-0.2, -0.15) is 4.31 Å². The van der Waals surface area contributed by atoms with Crippen LogP contribution in [-0.2, 0) is 26.8 Å². The molecule has 0 amide bonds. The summed E-state index contributed by atoms with van der Waals surface area (Å²) in [7, 11) is -3.79. The van der Waals surface area contributed by atoms with E-state index in [0.29, 0.717) is 9.75 Å². The Morgan fingerprint density at radius 3 is 2.39 bits per heavy atom. The third kappa shape index (κ3) is 3.86.